The summed E-state index contributed by atoms with van der Waals surface area (Å²) in [6.07, 6.45) is 0. The molecule has 0 aromatic carbocycles. The van der Waals surface area contributed by atoms with E-state index < -0.39 is 0 Å². The van der Waals surface area contributed by atoms with E-state index >= 15 is 0 Å². The van der Waals surface area contributed by atoms with Gasteiger partial charge in [-0.2, -0.15) is 0 Å². The van der Waals surface area contributed by atoms with Crippen LogP contribution in [0.3, 0.4) is 0 Å². The molecule has 1 amide bonds. The van der Waals surface area contributed by atoms with E-state index in [9.17, 15) is 4.79 Å². The average Bonchev–Trinajstić information content (AvgIpc) is 2.62. The number of thiophene rings is 1. The van der Waals surface area contributed by atoms with Gasteiger partial charge in [-0.3, -0.25) is 4.79 Å². The topological polar surface area (TPSA) is 32.3 Å². The number of carbonyl (C=O) groups excluding carboxylic acids is 1. The summed E-state index contributed by atoms with van der Waals surface area (Å²) in [5.41, 5.74) is 0.851. The van der Waals surface area contributed by atoms with Crippen molar-refractivity contribution in [2.45, 2.75) is 19.4 Å². The van der Waals surface area contributed by atoms with Gasteiger partial charge in [-0.25, -0.2) is 0 Å². The fourth-order valence-corrected chi connectivity index (χ4v) is 3.24. The molecule has 0 bridgehead atoms. The molecule has 2 heterocycles. The van der Waals surface area contributed by atoms with Crippen LogP contribution in [0.4, 0.5) is 0 Å². The molecule has 16 heavy (non-hydrogen) atoms. The zero-order valence-corrected chi connectivity index (χ0v) is 12.4. The smallest absolute Gasteiger partial charge is 0.254 e. The van der Waals surface area contributed by atoms with Crippen LogP contribution in [0.5, 0.6) is 0 Å². The number of halogens is 1. The Morgan fingerprint density at radius 3 is 2.94 bits per heavy atom. The van der Waals surface area contributed by atoms with Gasteiger partial charge in [0.2, 0.25) is 0 Å². The Kier molecular flexibility index (Phi) is 3.56. The summed E-state index contributed by atoms with van der Waals surface area (Å²) in [4.78, 5) is 14.1. The quantitative estimate of drug-likeness (QED) is 0.788. The van der Waals surface area contributed by atoms with Crippen LogP contribution in [-0.2, 0) is 0 Å². The van der Waals surface area contributed by atoms with Crippen LogP contribution in [0.1, 0.15) is 24.2 Å². The van der Waals surface area contributed by atoms with Gasteiger partial charge in [0.05, 0.1) is 8.45 Å². The molecule has 1 fully saturated rings. The fourth-order valence-electron chi connectivity index (χ4n) is 1.92. The summed E-state index contributed by atoms with van der Waals surface area (Å²) in [5.74, 6) is 0.161. The Balaban J connectivity index is 2.10. The highest BCUT2D eigenvalue weighted by Gasteiger charge is 2.29. The van der Waals surface area contributed by atoms with Crippen LogP contribution in [0, 0.1) is 2.88 Å². The molecular formula is C11H15IN2OS. The minimum Gasteiger partial charge on any atom is -0.336 e. The first-order valence-corrected chi connectivity index (χ1v) is 7.22. The second kappa shape index (κ2) is 4.62. The van der Waals surface area contributed by atoms with Crippen molar-refractivity contribution in [3.05, 3.63) is 19.9 Å². The van der Waals surface area contributed by atoms with Gasteiger partial charge in [0.1, 0.15) is 0 Å². The molecule has 0 unspecified atom stereocenters. The van der Waals surface area contributed by atoms with E-state index in [1.165, 1.54) is 0 Å². The van der Waals surface area contributed by atoms with Gasteiger partial charge in [-0.1, -0.05) is 0 Å². The highest BCUT2D eigenvalue weighted by molar-refractivity contribution is 14.1. The maximum Gasteiger partial charge on any atom is 0.254 e. The monoisotopic (exact) mass is 350 g/mol. The van der Waals surface area contributed by atoms with Crippen molar-refractivity contribution in [1.82, 2.24) is 10.2 Å². The van der Waals surface area contributed by atoms with Gasteiger partial charge in [0, 0.05) is 30.6 Å². The summed E-state index contributed by atoms with van der Waals surface area (Å²) in [6, 6.07) is 1.96. The Morgan fingerprint density at radius 1 is 1.62 bits per heavy atom. The molecule has 0 spiro atoms. The average molecular weight is 350 g/mol. The molecule has 0 radical (unpaired) electrons. The predicted molar refractivity (Wildman–Crippen MR) is 75.0 cm³/mol. The molecule has 1 saturated heterocycles. The number of hydrogen-bond acceptors (Lipinski definition) is 3. The van der Waals surface area contributed by atoms with Crippen LogP contribution < -0.4 is 5.32 Å². The van der Waals surface area contributed by atoms with Gasteiger partial charge in [-0.05, 0) is 42.5 Å². The highest BCUT2D eigenvalue weighted by atomic mass is 127. The molecule has 1 aromatic heterocycles. The molecule has 1 aliphatic heterocycles. The van der Waals surface area contributed by atoms with Crippen LogP contribution in [0.25, 0.3) is 0 Å². The molecule has 88 valence electrons. The van der Waals surface area contributed by atoms with Gasteiger partial charge in [-0.15, -0.1) is 11.3 Å². The molecule has 1 aromatic rings. The van der Waals surface area contributed by atoms with Gasteiger partial charge < -0.3 is 10.2 Å². The van der Waals surface area contributed by atoms with Crippen molar-refractivity contribution >= 4 is 39.8 Å². The third-order valence-corrected chi connectivity index (χ3v) is 4.46. The number of rotatable bonds is 1. The zero-order chi connectivity index (χ0) is 11.8. The van der Waals surface area contributed by atoms with Crippen LogP contribution in [0.2, 0.25) is 0 Å². The van der Waals surface area contributed by atoms with Crippen molar-refractivity contribution < 1.29 is 4.79 Å². The number of piperazine rings is 1. The largest absolute Gasteiger partial charge is 0.336 e. The van der Waals surface area contributed by atoms with E-state index in [1.54, 1.807) is 11.3 Å². The first-order valence-electron chi connectivity index (χ1n) is 5.26. The van der Waals surface area contributed by atoms with Crippen LogP contribution in [-0.4, -0.2) is 36.0 Å². The third-order valence-electron chi connectivity index (χ3n) is 2.67. The first-order chi connectivity index (χ1) is 7.48. The van der Waals surface area contributed by atoms with E-state index in [4.69, 9.17) is 0 Å². The Labute approximate surface area is 113 Å². The van der Waals surface area contributed by atoms with Crippen molar-refractivity contribution in [3.8, 4) is 0 Å². The standard InChI is InChI=1S/C11H15IN2OS/c1-11(2)7-14(4-3-13-11)10(15)8-5-9(12)16-6-8/h5-6,13H,3-4,7H2,1-2H3. The first kappa shape index (κ1) is 12.3. The Hall–Kier alpha value is -0.140. The van der Waals surface area contributed by atoms with E-state index in [0.717, 1.165) is 28.1 Å². The molecule has 0 saturated carbocycles. The molecule has 1 aliphatic rings. The highest BCUT2D eigenvalue weighted by Crippen LogP contribution is 2.20. The Bertz CT molecular complexity index is 402. The molecule has 2 rings (SSSR count). The molecule has 0 aliphatic carbocycles. The van der Waals surface area contributed by atoms with E-state index in [-0.39, 0.29) is 11.4 Å². The third kappa shape index (κ3) is 2.75. The summed E-state index contributed by atoms with van der Waals surface area (Å²) >= 11 is 3.87. The SMILES string of the molecule is CC1(C)CN(C(=O)c2csc(I)c2)CCN1. The number of nitrogens with one attached hydrogen (secondary N) is 1. The fraction of sp³-hybridized carbons (Fsp3) is 0.545. The lowest BCUT2D eigenvalue weighted by Gasteiger charge is -2.39. The maximum absolute atomic E-state index is 12.2. The molecule has 0 atom stereocenters. The lowest BCUT2D eigenvalue weighted by Crippen LogP contribution is -2.58. The van der Waals surface area contributed by atoms with Gasteiger partial charge >= 0.3 is 0 Å². The van der Waals surface area contributed by atoms with Gasteiger partial charge in [0.25, 0.3) is 5.91 Å². The number of amides is 1. The lowest BCUT2D eigenvalue weighted by atomic mass is 10.0. The van der Waals surface area contributed by atoms with Crippen molar-refractivity contribution in [2.75, 3.05) is 19.6 Å². The molecule has 1 N–H and O–H groups in total. The summed E-state index contributed by atoms with van der Waals surface area (Å²) < 4.78 is 1.16. The van der Waals surface area contributed by atoms with Crippen molar-refractivity contribution in [2.24, 2.45) is 0 Å². The van der Waals surface area contributed by atoms with E-state index in [1.807, 2.05) is 16.3 Å². The second-order valence-electron chi connectivity index (χ2n) is 4.68. The second-order valence-corrected chi connectivity index (χ2v) is 7.48. The minimum atomic E-state index is 0.0249. The zero-order valence-electron chi connectivity index (χ0n) is 9.42. The Morgan fingerprint density at radius 2 is 2.38 bits per heavy atom. The molecule has 5 heteroatoms. The lowest BCUT2D eigenvalue weighted by molar-refractivity contribution is 0.0652. The van der Waals surface area contributed by atoms with E-state index in [0.29, 0.717) is 0 Å². The summed E-state index contributed by atoms with van der Waals surface area (Å²) in [7, 11) is 0. The predicted octanol–water partition coefficient (Wildman–Crippen LogP) is 2.18. The van der Waals surface area contributed by atoms with Gasteiger partial charge in [0.15, 0.2) is 0 Å². The summed E-state index contributed by atoms with van der Waals surface area (Å²) in [5, 5.41) is 5.35. The minimum absolute atomic E-state index is 0.0249. The maximum atomic E-state index is 12.2. The molecular weight excluding hydrogens is 335 g/mol. The number of nitrogens with zero attached hydrogens (tertiary/aromatic N) is 1. The van der Waals surface area contributed by atoms with E-state index in [2.05, 4.69) is 41.8 Å². The summed E-state index contributed by atoms with van der Waals surface area (Å²) in [6.45, 7) is 6.71. The normalized spacial score (nSPS) is 19.8. The number of carbonyl (C=O) groups is 1. The van der Waals surface area contributed by atoms with Crippen molar-refractivity contribution in [1.29, 1.82) is 0 Å². The van der Waals surface area contributed by atoms with Crippen LogP contribution >= 0.6 is 33.9 Å². The molecule has 3 nitrogen and oxygen atoms in total. The van der Waals surface area contributed by atoms with Crippen LogP contribution in [0.15, 0.2) is 11.4 Å². The van der Waals surface area contributed by atoms with Crippen molar-refractivity contribution in [3.63, 3.8) is 0 Å². The number of hydrogen-bond donors (Lipinski definition) is 1.